The average molecular weight is 285 g/mol. The molecule has 0 aliphatic heterocycles. The molecule has 0 aliphatic rings. The highest BCUT2D eigenvalue weighted by Gasteiger charge is 2.05. The van der Waals surface area contributed by atoms with E-state index in [-0.39, 0.29) is 18.1 Å². The molecular weight excluding hydrogens is 269 g/mol. The van der Waals surface area contributed by atoms with Gasteiger partial charge in [-0.2, -0.15) is 0 Å². The van der Waals surface area contributed by atoms with Gasteiger partial charge in [-0.1, -0.05) is 30.9 Å². The Kier molecular flexibility index (Phi) is 5.10. The van der Waals surface area contributed by atoms with Gasteiger partial charge < -0.3 is 10.1 Å². The SMILES string of the molecule is C=CCOc1cccc(NC(=O)Cc2ccc(F)cc2)c1. The minimum atomic E-state index is -0.314. The Balaban J connectivity index is 1.95. The third kappa shape index (κ3) is 4.76. The van der Waals surface area contributed by atoms with Crippen LogP contribution in [0.4, 0.5) is 10.1 Å². The van der Waals surface area contributed by atoms with Gasteiger partial charge in [0.15, 0.2) is 0 Å². The van der Waals surface area contributed by atoms with Crippen LogP contribution in [0.5, 0.6) is 5.75 Å². The highest BCUT2D eigenvalue weighted by atomic mass is 19.1. The molecule has 108 valence electrons. The molecule has 2 aromatic rings. The summed E-state index contributed by atoms with van der Waals surface area (Å²) in [6, 6.07) is 13.0. The third-order valence-electron chi connectivity index (χ3n) is 2.76. The van der Waals surface area contributed by atoms with E-state index in [2.05, 4.69) is 11.9 Å². The first-order chi connectivity index (χ1) is 10.2. The minimum Gasteiger partial charge on any atom is -0.489 e. The second kappa shape index (κ2) is 7.24. The number of benzene rings is 2. The zero-order chi connectivity index (χ0) is 15.1. The van der Waals surface area contributed by atoms with Crippen molar-refractivity contribution in [2.24, 2.45) is 0 Å². The maximum atomic E-state index is 12.8. The van der Waals surface area contributed by atoms with Crippen LogP contribution in [0, 0.1) is 5.82 Å². The molecule has 0 aliphatic carbocycles. The van der Waals surface area contributed by atoms with Crippen molar-refractivity contribution in [1.29, 1.82) is 0 Å². The summed E-state index contributed by atoms with van der Waals surface area (Å²) in [4.78, 5) is 11.9. The van der Waals surface area contributed by atoms with E-state index in [4.69, 9.17) is 4.74 Å². The zero-order valence-electron chi connectivity index (χ0n) is 11.5. The van der Waals surface area contributed by atoms with Gasteiger partial charge in [-0.15, -0.1) is 0 Å². The van der Waals surface area contributed by atoms with Crippen molar-refractivity contribution in [2.45, 2.75) is 6.42 Å². The van der Waals surface area contributed by atoms with Crippen LogP contribution in [0.1, 0.15) is 5.56 Å². The van der Waals surface area contributed by atoms with Crippen molar-refractivity contribution in [3.8, 4) is 5.75 Å². The lowest BCUT2D eigenvalue weighted by atomic mass is 10.1. The van der Waals surface area contributed by atoms with Crippen molar-refractivity contribution in [1.82, 2.24) is 0 Å². The molecule has 0 atom stereocenters. The summed E-state index contributed by atoms with van der Waals surface area (Å²) in [7, 11) is 0. The van der Waals surface area contributed by atoms with E-state index >= 15 is 0 Å². The van der Waals surface area contributed by atoms with Crippen molar-refractivity contribution in [3.05, 3.63) is 72.6 Å². The topological polar surface area (TPSA) is 38.3 Å². The van der Waals surface area contributed by atoms with Crippen LogP contribution >= 0.6 is 0 Å². The van der Waals surface area contributed by atoms with Crippen LogP contribution < -0.4 is 10.1 Å². The first kappa shape index (κ1) is 14.8. The second-order valence-electron chi connectivity index (χ2n) is 4.48. The van der Waals surface area contributed by atoms with Gasteiger partial charge in [-0.25, -0.2) is 4.39 Å². The van der Waals surface area contributed by atoms with Crippen molar-refractivity contribution >= 4 is 11.6 Å². The number of ether oxygens (including phenoxy) is 1. The van der Waals surface area contributed by atoms with Crippen LogP contribution in [0.2, 0.25) is 0 Å². The average Bonchev–Trinajstić information content (AvgIpc) is 2.48. The first-order valence-corrected chi connectivity index (χ1v) is 6.55. The largest absolute Gasteiger partial charge is 0.489 e. The molecule has 0 heterocycles. The number of carbonyl (C=O) groups is 1. The number of halogens is 1. The molecule has 0 spiro atoms. The summed E-state index contributed by atoms with van der Waals surface area (Å²) in [5.74, 6) is 0.184. The predicted octanol–water partition coefficient (Wildman–Crippen LogP) is 3.57. The van der Waals surface area contributed by atoms with Gasteiger partial charge in [0.1, 0.15) is 18.2 Å². The van der Waals surface area contributed by atoms with Crippen LogP contribution in [0.25, 0.3) is 0 Å². The lowest BCUT2D eigenvalue weighted by molar-refractivity contribution is -0.115. The van der Waals surface area contributed by atoms with Crippen molar-refractivity contribution < 1.29 is 13.9 Å². The molecule has 1 N–H and O–H groups in total. The zero-order valence-corrected chi connectivity index (χ0v) is 11.5. The van der Waals surface area contributed by atoms with E-state index in [0.29, 0.717) is 18.0 Å². The smallest absolute Gasteiger partial charge is 0.228 e. The van der Waals surface area contributed by atoms with Gasteiger partial charge in [0.25, 0.3) is 0 Å². The molecule has 0 aromatic heterocycles. The maximum absolute atomic E-state index is 12.8. The summed E-state index contributed by atoms with van der Waals surface area (Å²) >= 11 is 0. The lowest BCUT2D eigenvalue weighted by Gasteiger charge is -2.08. The first-order valence-electron chi connectivity index (χ1n) is 6.55. The monoisotopic (exact) mass is 285 g/mol. The van der Waals surface area contributed by atoms with Crippen molar-refractivity contribution in [3.63, 3.8) is 0 Å². The normalized spacial score (nSPS) is 9.95. The summed E-state index contributed by atoms with van der Waals surface area (Å²) < 4.78 is 18.2. The Labute approximate surface area is 123 Å². The fraction of sp³-hybridized carbons (Fsp3) is 0.118. The highest BCUT2D eigenvalue weighted by Crippen LogP contribution is 2.17. The Bertz CT molecular complexity index is 623. The number of hydrogen-bond acceptors (Lipinski definition) is 2. The van der Waals surface area contributed by atoms with E-state index < -0.39 is 0 Å². The Morgan fingerprint density at radius 2 is 2.00 bits per heavy atom. The molecule has 4 heteroatoms. The Hall–Kier alpha value is -2.62. The van der Waals surface area contributed by atoms with E-state index in [1.54, 1.807) is 42.5 Å². The lowest BCUT2D eigenvalue weighted by Crippen LogP contribution is -2.14. The van der Waals surface area contributed by atoms with Crippen LogP contribution in [-0.2, 0) is 11.2 Å². The summed E-state index contributed by atoms with van der Waals surface area (Å²) in [6.07, 6.45) is 1.85. The highest BCUT2D eigenvalue weighted by molar-refractivity contribution is 5.92. The van der Waals surface area contributed by atoms with E-state index in [1.165, 1.54) is 12.1 Å². The quantitative estimate of drug-likeness (QED) is 0.824. The fourth-order valence-corrected chi connectivity index (χ4v) is 1.81. The van der Waals surface area contributed by atoms with E-state index in [1.807, 2.05) is 0 Å². The van der Waals surface area contributed by atoms with Gasteiger partial charge >= 0.3 is 0 Å². The molecule has 2 rings (SSSR count). The number of anilines is 1. The molecule has 0 bridgehead atoms. The molecule has 0 saturated heterocycles. The fourth-order valence-electron chi connectivity index (χ4n) is 1.81. The van der Waals surface area contributed by atoms with Gasteiger partial charge in [0.2, 0.25) is 5.91 Å². The van der Waals surface area contributed by atoms with E-state index in [9.17, 15) is 9.18 Å². The molecule has 0 saturated carbocycles. The molecule has 0 radical (unpaired) electrons. The molecular formula is C17H16FNO2. The number of rotatable bonds is 6. The van der Waals surface area contributed by atoms with Crippen LogP contribution in [0.15, 0.2) is 61.2 Å². The molecule has 0 fully saturated rings. The number of hydrogen-bond donors (Lipinski definition) is 1. The molecule has 1 amide bonds. The molecule has 0 unspecified atom stereocenters. The van der Waals surface area contributed by atoms with Gasteiger partial charge in [0, 0.05) is 11.8 Å². The van der Waals surface area contributed by atoms with Crippen LogP contribution in [-0.4, -0.2) is 12.5 Å². The summed E-state index contributed by atoms with van der Waals surface area (Å²) in [5.41, 5.74) is 1.41. The Morgan fingerprint density at radius 1 is 1.24 bits per heavy atom. The number of nitrogens with one attached hydrogen (secondary N) is 1. The van der Waals surface area contributed by atoms with Gasteiger partial charge in [0.05, 0.1) is 6.42 Å². The molecule has 2 aromatic carbocycles. The van der Waals surface area contributed by atoms with Gasteiger partial charge in [-0.05, 0) is 29.8 Å². The Morgan fingerprint density at radius 3 is 2.71 bits per heavy atom. The predicted molar refractivity (Wildman–Crippen MR) is 80.9 cm³/mol. The molecule has 21 heavy (non-hydrogen) atoms. The maximum Gasteiger partial charge on any atom is 0.228 e. The van der Waals surface area contributed by atoms with Crippen LogP contribution in [0.3, 0.4) is 0 Å². The second-order valence-corrected chi connectivity index (χ2v) is 4.48. The summed E-state index contributed by atoms with van der Waals surface area (Å²) in [6.45, 7) is 3.99. The standard InChI is InChI=1S/C17H16FNO2/c1-2-10-21-16-5-3-4-15(12-16)19-17(20)11-13-6-8-14(18)9-7-13/h2-9,12H,1,10-11H2,(H,19,20). The van der Waals surface area contributed by atoms with E-state index in [0.717, 1.165) is 5.56 Å². The third-order valence-corrected chi connectivity index (χ3v) is 2.76. The number of amides is 1. The number of carbonyl (C=O) groups excluding carboxylic acids is 1. The van der Waals surface area contributed by atoms with Gasteiger partial charge in [-0.3, -0.25) is 4.79 Å². The van der Waals surface area contributed by atoms with Crippen molar-refractivity contribution in [2.75, 3.05) is 11.9 Å². The molecule has 3 nitrogen and oxygen atoms in total. The minimum absolute atomic E-state index is 0.164. The summed E-state index contributed by atoms with van der Waals surface area (Å²) in [5, 5.41) is 2.78.